The summed E-state index contributed by atoms with van der Waals surface area (Å²) in [4.78, 5) is 13.9. The third-order valence-corrected chi connectivity index (χ3v) is 3.03. The standard InChI is InChI=1S/C12H25N3O/c1-10(2)13-9-12(16)14-8-11(3)15-6-4-5-7-15/h10-11,13H,4-9H2,1-3H3,(H,14,16). The summed E-state index contributed by atoms with van der Waals surface area (Å²) < 4.78 is 0. The van der Waals surface area contributed by atoms with Crippen molar-refractivity contribution in [2.75, 3.05) is 26.2 Å². The summed E-state index contributed by atoms with van der Waals surface area (Å²) in [6.45, 7) is 9.81. The zero-order chi connectivity index (χ0) is 12.0. The van der Waals surface area contributed by atoms with Crippen LogP contribution in [0.3, 0.4) is 0 Å². The van der Waals surface area contributed by atoms with Crippen molar-refractivity contribution in [1.82, 2.24) is 15.5 Å². The molecule has 94 valence electrons. The van der Waals surface area contributed by atoms with Gasteiger partial charge in [-0.2, -0.15) is 0 Å². The Hall–Kier alpha value is -0.610. The van der Waals surface area contributed by atoms with Crippen LogP contribution in [0.25, 0.3) is 0 Å². The molecule has 4 heteroatoms. The van der Waals surface area contributed by atoms with Crippen molar-refractivity contribution >= 4 is 5.91 Å². The summed E-state index contributed by atoms with van der Waals surface area (Å²) in [6.07, 6.45) is 2.60. The van der Waals surface area contributed by atoms with E-state index in [-0.39, 0.29) is 5.91 Å². The molecule has 0 spiro atoms. The molecule has 1 saturated heterocycles. The average Bonchev–Trinajstić information content (AvgIpc) is 2.76. The molecule has 0 aromatic rings. The predicted molar refractivity (Wildman–Crippen MR) is 66.4 cm³/mol. The molecule has 0 saturated carbocycles. The SMILES string of the molecule is CC(C)NCC(=O)NCC(C)N1CCCC1. The number of likely N-dealkylation sites (tertiary alicyclic amines) is 1. The molecule has 2 N–H and O–H groups in total. The van der Waals surface area contributed by atoms with Gasteiger partial charge in [0.2, 0.25) is 5.91 Å². The van der Waals surface area contributed by atoms with Crippen molar-refractivity contribution < 1.29 is 4.79 Å². The molecule has 1 heterocycles. The van der Waals surface area contributed by atoms with Crippen LogP contribution in [0, 0.1) is 0 Å². The lowest BCUT2D eigenvalue weighted by atomic mass is 10.3. The van der Waals surface area contributed by atoms with Gasteiger partial charge in [0, 0.05) is 18.6 Å². The van der Waals surface area contributed by atoms with Crippen molar-refractivity contribution in [3.8, 4) is 0 Å². The quantitative estimate of drug-likeness (QED) is 0.698. The molecule has 0 aliphatic carbocycles. The first-order valence-electron chi connectivity index (χ1n) is 6.33. The van der Waals surface area contributed by atoms with Gasteiger partial charge >= 0.3 is 0 Å². The molecular weight excluding hydrogens is 202 g/mol. The molecule has 0 radical (unpaired) electrons. The van der Waals surface area contributed by atoms with Crippen molar-refractivity contribution in [1.29, 1.82) is 0 Å². The topological polar surface area (TPSA) is 44.4 Å². The summed E-state index contributed by atoms with van der Waals surface area (Å²) in [5.74, 6) is 0.0970. The highest BCUT2D eigenvalue weighted by Gasteiger charge is 2.18. The smallest absolute Gasteiger partial charge is 0.234 e. The molecule has 0 aromatic carbocycles. The summed E-state index contributed by atoms with van der Waals surface area (Å²) >= 11 is 0. The highest BCUT2D eigenvalue weighted by Crippen LogP contribution is 2.10. The van der Waals surface area contributed by atoms with Crippen LogP contribution >= 0.6 is 0 Å². The Bertz CT molecular complexity index is 212. The fourth-order valence-electron chi connectivity index (χ4n) is 1.93. The van der Waals surface area contributed by atoms with Gasteiger partial charge in [-0.1, -0.05) is 13.8 Å². The molecule has 1 aliphatic rings. The van der Waals surface area contributed by atoms with E-state index < -0.39 is 0 Å². The zero-order valence-electron chi connectivity index (χ0n) is 10.8. The van der Waals surface area contributed by atoms with Gasteiger partial charge in [-0.15, -0.1) is 0 Å². The first-order chi connectivity index (χ1) is 7.59. The highest BCUT2D eigenvalue weighted by atomic mass is 16.1. The number of rotatable bonds is 6. The van der Waals surface area contributed by atoms with E-state index in [2.05, 4.69) is 22.5 Å². The Kier molecular flexibility index (Phi) is 5.77. The van der Waals surface area contributed by atoms with Gasteiger partial charge in [-0.05, 0) is 32.9 Å². The monoisotopic (exact) mass is 227 g/mol. The molecule has 1 fully saturated rings. The maximum atomic E-state index is 11.5. The molecule has 16 heavy (non-hydrogen) atoms. The Balaban J connectivity index is 2.10. The van der Waals surface area contributed by atoms with Gasteiger partial charge in [0.1, 0.15) is 0 Å². The van der Waals surface area contributed by atoms with Gasteiger partial charge < -0.3 is 10.6 Å². The molecule has 0 aromatic heterocycles. The molecule has 1 atom stereocenters. The van der Waals surface area contributed by atoms with Crippen LogP contribution in [0.4, 0.5) is 0 Å². The second-order valence-corrected chi connectivity index (χ2v) is 4.93. The molecule has 4 nitrogen and oxygen atoms in total. The lowest BCUT2D eigenvalue weighted by Crippen LogP contribution is -2.44. The minimum atomic E-state index is 0.0970. The maximum Gasteiger partial charge on any atom is 0.234 e. The van der Waals surface area contributed by atoms with E-state index in [0.717, 1.165) is 6.54 Å². The van der Waals surface area contributed by atoms with Crippen molar-refractivity contribution in [2.24, 2.45) is 0 Å². The molecule has 1 unspecified atom stereocenters. The van der Waals surface area contributed by atoms with Crippen LogP contribution in [-0.2, 0) is 4.79 Å². The molecule has 1 amide bonds. The van der Waals surface area contributed by atoms with E-state index in [1.54, 1.807) is 0 Å². The van der Waals surface area contributed by atoms with E-state index >= 15 is 0 Å². The van der Waals surface area contributed by atoms with Crippen molar-refractivity contribution in [3.05, 3.63) is 0 Å². The van der Waals surface area contributed by atoms with Crippen LogP contribution < -0.4 is 10.6 Å². The second kappa shape index (κ2) is 6.86. The number of hydrogen-bond donors (Lipinski definition) is 2. The van der Waals surface area contributed by atoms with Crippen LogP contribution in [0.1, 0.15) is 33.6 Å². The van der Waals surface area contributed by atoms with Crippen molar-refractivity contribution in [2.45, 2.75) is 45.7 Å². The lowest BCUT2D eigenvalue weighted by molar-refractivity contribution is -0.120. The minimum absolute atomic E-state index is 0.0970. The number of carbonyl (C=O) groups is 1. The Morgan fingerprint density at radius 3 is 2.44 bits per heavy atom. The van der Waals surface area contributed by atoms with E-state index in [1.165, 1.54) is 25.9 Å². The lowest BCUT2D eigenvalue weighted by Gasteiger charge is -2.23. The summed E-state index contributed by atoms with van der Waals surface area (Å²) in [6, 6.07) is 0.826. The van der Waals surface area contributed by atoms with E-state index in [4.69, 9.17) is 0 Å². The fourth-order valence-corrected chi connectivity index (χ4v) is 1.93. The van der Waals surface area contributed by atoms with E-state index in [0.29, 0.717) is 18.6 Å². The van der Waals surface area contributed by atoms with Gasteiger partial charge in [0.25, 0.3) is 0 Å². The maximum absolute atomic E-state index is 11.5. The fraction of sp³-hybridized carbons (Fsp3) is 0.917. The number of nitrogens with zero attached hydrogens (tertiary/aromatic N) is 1. The second-order valence-electron chi connectivity index (χ2n) is 4.93. The van der Waals surface area contributed by atoms with Gasteiger partial charge in [-0.25, -0.2) is 0 Å². The number of amides is 1. The van der Waals surface area contributed by atoms with E-state index in [1.807, 2.05) is 13.8 Å². The Labute approximate surface area is 98.8 Å². The Morgan fingerprint density at radius 2 is 1.88 bits per heavy atom. The first-order valence-corrected chi connectivity index (χ1v) is 6.33. The molecule has 0 bridgehead atoms. The minimum Gasteiger partial charge on any atom is -0.353 e. The van der Waals surface area contributed by atoms with Crippen molar-refractivity contribution in [3.63, 3.8) is 0 Å². The average molecular weight is 227 g/mol. The van der Waals surface area contributed by atoms with Crippen LogP contribution in [0.15, 0.2) is 0 Å². The third-order valence-electron chi connectivity index (χ3n) is 3.03. The van der Waals surface area contributed by atoms with Crippen LogP contribution in [-0.4, -0.2) is 49.1 Å². The first kappa shape index (κ1) is 13.5. The summed E-state index contributed by atoms with van der Waals surface area (Å²) in [5.41, 5.74) is 0. The summed E-state index contributed by atoms with van der Waals surface area (Å²) in [7, 11) is 0. The van der Waals surface area contributed by atoms with E-state index in [9.17, 15) is 4.79 Å². The number of carbonyl (C=O) groups excluding carboxylic acids is 1. The van der Waals surface area contributed by atoms with Gasteiger partial charge in [0.05, 0.1) is 6.54 Å². The molecule has 1 rings (SSSR count). The van der Waals surface area contributed by atoms with Gasteiger partial charge in [-0.3, -0.25) is 9.69 Å². The molecular formula is C12H25N3O. The highest BCUT2D eigenvalue weighted by molar-refractivity contribution is 5.78. The number of nitrogens with one attached hydrogen (secondary N) is 2. The predicted octanol–water partition coefficient (Wildman–Crippen LogP) is 0.585. The van der Waals surface area contributed by atoms with Crippen LogP contribution in [0.5, 0.6) is 0 Å². The third kappa shape index (κ3) is 4.94. The largest absolute Gasteiger partial charge is 0.353 e. The number of hydrogen-bond acceptors (Lipinski definition) is 3. The van der Waals surface area contributed by atoms with Gasteiger partial charge in [0.15, 0.2) is 0 Å². The zero-order valence-corrected chi connectivity index (χ0v) is 10.8. The van der Waals surface area contributed by atoms with Crippen LogP contribution in [0.2, 0.25) is 0 Å². The summed E-state index contributed by atoms with van der Waals surface area (Å²) in [5, 5.41) is 6.08. The Morgan fingerprint density at radius 1 is 1.25 bits per heavy atom. The normalized spacial score (nSPS) is 19.0. The molecule has 1 aliphatic heterocycles.